The molecule has 0 aliphatic heterocycles. The first-order valence-electron chi connectivity index (χ1n) is 6.23. The molecule has 1 N–H and O–H groups in total. The van der Waals surface area contributed by atoms with Gasteiger partial charge in [0.15, 0.2) is 11.5 Å². The molecule has 0 atom stereocenters. The summed E-state index contributed by atoms with van der Waals surface area (Å²) in [5.74, 6) is 1.02. The molecule has 1 aliphatic carbocycles. The van der Waals surface area contributed by atoms with E-state index in [1.54, 1.807) is 18.2 Å². The molecule has 0 unspecified atom stereocenters. The fraction of sp³-hybridized carbons (Fsp3) is 0.286. The second-order valence-electron chi connectivity index (χ2n) is 4.74. The SMILES string of the molecule is O=C(NCC1CC1)c1cc(-c2ccc(Cl)cc2)on1. The Morgan fingerprint density at radius 2 is 2.11 bits per heavy atom. The zero-order chi connectivity index (χ0) is 13.2. The zero-order valence-electron chi connectivity index (χ0n) is 10.2. The third-order valence-corrected chi connectivity index (χ3v) is 3.37. The van der Waals surface area contributed by atoms with Crippen molar-refractivity contribution in [1.82, 2.24) is 10.5 Å². The van der Waals surface area contributed by atoms with Crippen LogP contribution in [-0.4, -0.2) is 17.6 Å². The van der Waals surface area contributed by atoms with E-state index in [4.69, 9.17) is 16.1 Å². The Bertz CT molecular complexity index is 588. The molecule has 2 aromatic rings. The average molecular weight is 277 g/mol. The molecule has 0 radical (unpaired) electrons. The molecule has 1 fully saturated rings. The Hall–Kier alpha value is -1.81. The lowest BCUT2D eigenvalue weighted by Crippen LogP contribution is -2.25. The Labute approximate surface area is 115 Å². The normalized spacial score (nSPS) is 14.4. The molecule has 4 nitrogen and oxygen atoms in total. The van der Waals surface area contributed by atoms with Gasteiger partial charge >= 0.3 is 0 Å². The number of halogens is 1. The number of benzene rings is 1. The van der Waals surface area contributed by atoms with Gasteiger partial charge < -0.3 is 9.84 Å². The molecule has 1 aliphatic rings. The summed E-state index contributed by atoms with van der Waals surface area (Å²) < 4.78 is 5.18. The van der Waals surface area contributed by atoms with Crippen LogP contribution in [0.2, 0.25) is 5.02 Å². The molecular weight excluding hydrogens is 264 g/mol. The molecule has 0 spiro atoms. The number of aromatic nitrogens is 1. The minimum absolute atomic E-state index is 0.184. The molecule has 0 bridgehead atoms. The zero-order valence-corrected chi connectivity index (χ0v) is 11.0. The van der Waals surface area contributed by atoms with Crippen molar-refractivity contribution in [2.24, 2.45) is 5.92 Å². The first kappa shape index (κ1) is 12.2. The molecule has 1 heterocycles. The van der Waals surface area contributed by atoms with Crippen molar-refractivity contribution >= 4 is 17.5 Å². The molecule has 19 heavy (non-hydrogen) atoms. The van der Waals surface area contributed by atoms with E-state index in [0.29, 0.717) is 22.4 Å². The summed E-state index contributed by atoms with van der Waals surface area (Å²) in [5, 5.41) is 7.30. The van der Waals surface area contributed by atoms with Crippen molar-refractivity contribution < 1.29 is 9.32 Å². The van der Waals surface area contributed by atoms with Crippen LogP contribution in [0, 0.1) is 5.92 Å². The number of hydrogen-bond acceptors (Lipinski definition) is 3. The Kier molecular flexibility index (Phi) is 3.25. The van der Waals surface area contributed by atoms with Gasteiger partial charge in [0.2, 0.25) is 0 Å². The number of nitrogens with zero attached hydrogens (tertiary/aromatic N) is 1. The Balaban J connectivity index is 1.71. The second kappa shape index (κ2) is 5.05. The van der Waals surface area contributed by atoms with E-state index in [-0.39, 0.29) is 5.91 Å². The number of carbonyl (C=O) groups excluding carboxylic acids is 1. The molecule has 1 saturated carbocycles. The van der Waals surface area contributed by atoms with Crippen LogP contribution in [0.4, 0.5) is 0 Å². The van der Waals surface area contributed by atoms with Gasteiger partial charge in [-0.2, -0.15) is 0 Å². The van der Waals surface area contributed by atoms with Crippen LogP contribution in [0.3, 0.4) is 0 Å². The van der Waals surface area contributed by atoms with Crippen LogP contribution in [0.25, 0.3) is 11.3 Å². The Morgan fingerprint density at radius 3 is 2.79 bits per heavy atom. The lowest BCUT2D eigenvalue weighted by Gasteiger charge is -1.98. The summed E-state index contributed by atoms with van der Waals surface area (Å²) in [6, 6.07) is 8.84. The van der Waals surface area contributed by atoms with Crippen molar-refractivity contribution in [3.63, 3.8) is 0 Å². The molecule has 0 saturated heterocycles. The first-order valence-corrected chi connectivity index (χ1v) is 6.61. The molecule has 3 rings (SSSR count). The molecule has 98 valence electrons. The standard InChI is InChI=1S/C14H13ClN2O2/c15-11-5-3-10(4-6-11)13-7-12(17-19-13)14(18)16-8-9-1-2-9/h3-7,9H,1-2,8H2,(H,16,18). The monoisotopic (exact) mass is 276 g/mol. The third-order valence-electron chi connectivity index (χ3n) is 3.12. The number of nitrogens with one attached hydrogen (secondary N) is 1. The summed E-state index contributed by atoms with van der Waals surface area (Å²) in [5.41, 5.74) is 1.16. The number of amides is 1. The van der Waals surface area contributed by atoms with Crippen LogP contribution >= 0.6 is 11.6 Å². The Morgan fingerprint density at radius 1 is 1.37 bits per heavy atom. The van der Waals surface area contributed by atoms with E-state index in [2.05, 4.69) is 10.5 Å². The minimum Gasteiger partial charge on any atom is -0.355 e. The molecule has 1 aromatic carbocycles. The molecule has 5 heteroatoms. The molecule has 1 aromatic heterocycles. The maximum atomic E-state index is 11.8. The second-order valence-corrected chi connectivity index (χ2v) is 5.17. The van der Waals surface area contributed by atoms with Crippen LogP contribution < -0.4 is 5.32 Å². The maximum absolute atomic E-state index is 11.8. The summed E-state index contributed by atoms with van der Waals surface area (Å²) in [6.07, 6.45) is 2.41. The minimum atomic E-state index is -0.184. The summed E-state index contributed by atoms with van der Waals surface area (Å²) in [7, 11) is 0. The smallest absolute Gasteiger partial charge is 0.273 e. The first-order chi connectivity index (χ1) is 9.22. The predicted molar refractivity (Wildman–Crippen MR) is 72.0 cm³/mol. The van der Waals surface area contributed by atoms with Gasteiger partial charge in [0.05, 0.1) is 0 Å². The van der Waals surface area contributed by atoms with Crippen molar-refractivity contribution in [3.8, 4) is 11.3 Å². The highest BCUT2D eigenvalue weighted by molar-refractivity contribution is 6.30. The van der Waals surface area contributed by atoms with Gasteiger partial charge in [0, 0.05) is 23.2 Å². The van der Waals surface area contributed by atoms with Gasteiger partial charge in [-0.05, 0) is 43.0 Å². The van der Waals surface area contributed by atoms with Crippen LogP contribution in [0.5, 0.6) is 0 Å². The van der Waals surface area contributed by atoms with E-state index < -0.39 is 0 Å². The third kappa shape index (κ3) is 2.96. The van der Waals surface area contributed by atoms with Crippen molar-refractivity contribution in [1.29, 1.82) is 0 Å². The largest absolute Gasteiger partial charge is 0.355 e. The fourth-order valence-electron chi connectivity index (χ4n) is 1.78. The van der Waals surface area contributed by atoms with Crippen LogP contribution in [0.15, 0.2) is 34.9 Å². The lowest BCUT2D eigenvalue weighted by molar-refractivity contribution is 0.0943. The van der Waals surface area contributed by atoms with E-state index in [1.807, 2.05) is 12.1 Å². The maximum Gasteiger partial charge on any atom is 0.273 e. The number of hydrogen-bond donors (Lipinski definition) is 1. The fourth-order valence-corrected chi connectivity index (χ4v) is 1.91. The highest BCUT2D eigenvalue weighted by Crippen LogP contribution is 2.27. The summed E-state index contributed by atoms with van der Waals surface area (Å²) >= 11 is 5.82. The predicted octanol–water partition coefficient (Wildman–Crippen LogP) is 3.13. The van der Waals surface area contributed by atoms with Crippen LogP contribution in [0.1, 0.15) is 23.3 Å². The van der Waals surface area contributed by atoms with Gasteiger partial charge in [0.1, 0.15) is 0 Å². The number of carbonyl (C=O) groups is 1. The topological polar surface area (TPSA) is 55.1 Å². The summed E-state index contributed by atoms with van der Waals surface area (Å²) in [4.78, 5) is 11.8. The van der Waals surface area contributed by atoms with E-state index in [0.717, 1.165) is 12.1 Å². The van der Waals surface area contributed by atoms with E-state index in [9.17, 15) is 4.79 Å². The molecular formula is C14H13ClN2O2. The van der Waals surface area contributed by atoms with Crippen molar-refractivity contribution in [2.45, 2.75) is 12.8 Å². The quantitative estimate of drug-likeness (QED) is 0.933. The van der Waals surface area contributed by atoms with Crippen molar-refractivity contribution in [2.75, 3.05) is 6.54 Å². The van der Waals surface area contributed by atoms with E-state index >= 15 is 0 Å². The van der Waals surface area contributed by atoms with Gasteiger partial charge in [-0.15, -0.1) is 0 Å². The highest BCUT2D eigenvalue weighted by atomic mass is 35.5. The van der Waals surface area contributed by atoms with Crippen LogP contribution in [-0.2, 0) is 0 Å². The molecule has 1 amide bonds. The van der Waals surface area contributed by atoms with Crippen molar-refractivity contribution in [3.05, 3.63) is 41.0 Å². The van der Waals surface area contributed by atoms with Gasteiger partial charge in [-0.3, -0.25) is 4.79 Å². The van der Waals surface area contributed by atoms with Gasteiger partial charge in [0.25, 0.3) is 5.91 Å². The highest BCUT2D eigenvalue weighted by Gasteiger charge is 2.22. The van der Waals surface area contributed by atoms with E-state index in [1.165, 1.54) is 12.8 Å². The number of rotatable bonds is 4. The lowest BCUT2D eigenvalue weighted by atomic mass is 10.1. The average Bonchev–Trinajstić information content (AvgIpc) is 3.12. The van der Waals surface area contributed by atoms with Gasteiger partial charge in [-0.25, -0.2) is 0 Å². The van der Waals surface area contributed by atoms with Gasteiger partial charge in [-0.1, -0.05) is 16.8 Å². The summed E-state index contributed by atoms with van der Waals surface area (Å²) in [6.45, 7) is 0.724.